The molecule has 0 N–H and O–H groups in total. The van der Waals surface area contributed by atoms with Gasteiger partial charge < -0.3 is 4.74 Å². The van der Waals surface area contributed by atoms with Gasteiger partial charge in [-0.3, -0.25) is 0 Å². The number of benzene rings is 1. The lowest BCUT2D eigenvalue weighted by Crippen LogP contribution is -1.98. The molecule has 0 amide bonds. The van der Waals surface area contributed by atoms with E-state index in [-0.39, 0.29) is 0 Å². The first-order chi connectivity index (χ1) is 6.15. The van der Waals surface area contributed by atoms with E-state index in [0.29, 0.717) is 0 Å². The minimum absolute atomic E-state index is 0.726. The average molecular weight is 177 g/mol. The first-order valence-corrected chi connectivity index (χ1v) is 4.69. The third-order valence-electron chi connectivity index (χ3n) is 1.97. The Labute approximate surface area is 80.7 Å². The Morgan fingerprint density at radius 3 is 2.54 bits per heavy atom. The largest absolute Gasteiger partial charge is 0.494 e. The lowest BCUT2D eigenvalue weighted by molar-refractivity contribution is 0.337. The summed E-state index contributed by atoms with van der Waals surface area (Å²) in [5, 5.41) is 0. The third kappa shape index (κ3) is 2.48. The van der Waals surface area contributed by atoms with Crippen molar-refractivity contribution in [1.29, 1.82) is 0 Å². The molecule has 1 heteroatoms. The van der Waals surface area contributed by atoms with E-state index in [9.17, 15) is 0 Å². The predicted octanol–water partition coefficient (Wildman–Crippen LogP) is 3.36. The van der Waals surface area contributed by atoms with Crippen LogP contribution in [0.2, 0.25) is 0 Å². The summed E-state index contributed by atoms with van der Waals surface area (Å²) in [6, 6.07) is 6.29. The van der Waals surface area contributed by atoms with Crippen molar-refractivity contribution in [3.63, 3.8) is 0 Å². The Morgan fingerprint density at radius 1 is 1.31 bits per heavy atom. The summed E-state index contributed by atoms with van der Waals surface area (Å²) >= 11 is 0. The summed E-state index contributed by atoms with van der Waals surface area (Å²) in [4.78, 5) is 0. The molecular formula is C12H17O. The lowest BCUT2D eigenvalue weighted by atomic mass is 10.00. The molecule has 1 radical (unpaired) electrons. The topological polar surface area (TPSA) is 9.23 Å². The fraction of sp³-hybridized carbons (Fsp3) is 0.417. The van der Waals surface area contributed by atoms with Crippen LogP contribution in [0.5, 0.6) is 5.75 Å². The Morgan fingerprint density at radius 2 is 2.00 bits per heavy atom. The van der Waals surface area contributed by atoms with Gasteiger partial charge in [-0.25, -0.2) is 0 Å². The van der Waals surface area contributed by atoms with E-state index in [2.05, 4.69) is 32.9 Å². The number of rotatable bonds is 3. The highest BCUT2D eigenvalue weighted by atomic mass is 16.5. The first-order valence-electron chi connectivity index (χ1n) is 4.69. The van der Waals surface area contributed by atoms with Crippen LogP contribution in [0.15, 0.2) is 18.2 Å². The van der Waals surface area contributed by atoms with E-state index in [1.165, 1.54) is 17.0 Å². The number of hydrogen-bond acceptors (Lipinski definition) is 1. The average Bonchev–Trinajstić information content (AvgIpc) is 2.08. The number of hydrogen-bond donors (Lipinski definition) is 0. The molecule has 71 valence electrons. The quantitative estimate of drug-likeness (QED) is 0.688. The molecule has 0 atom stereocenters. The maximum Gasteiger partial charge on any atom is 0.123 e. The van der Waals surface area contributed by atoms with Crippen LogP contribution in [0, 0.1) is 12.8 Å². The van der Waals surface area contributed by atoms with Gasteiger partial charge in [-0.05, 0) is 19.9 Å². The Balaban J connectivity index is 3.03. The summed E-state index contributed by atoms with van der Waals surface area (Å²) in [6.07, 6.45) is 0. The molecule has 0 saturated carbocycles. The van der Waals surface area contributed by atoms with Crippen LogP contribution in [-0.2, 0) is 0 Å². The van der Waals surface area contributed by atoms with Crippen LogP contribution >= 0.6 is 0 Å². The highest BCUT2D eigenvalue weighted by Crippen LogP contribution is 2.26. The molecule has 0 aliphatic rings. The van der Waals surface area contributed by atoms with Gasteiger partial charge in [-0.15, -0.1) is 0 Å². The molecule has 0 aliphatic heterocycles. The molecular weight excluding hydrogens is 160 g/mol. The molecule has 1 aromatic carbocycles. The van der Waals surface area contributed by atoms with Gasteiger partial charge in [0.1, 0.15) is 5.75 Å². The highest BCUT2D eigenvalue weighted by Gasteiger charge is 2.07. The zero-order chi connectivity index (χ0) is 9.84. The maximum absolute atomic E-state index is 5.53. The number of ether oxygens (including phenoxy) is 1. The number of aryl methyl sites for hydroxylation is 1. The third-order valence-corrected chi connectivity index (χ3v) is 1.97. The molecule has 0 aliphatic carbocycles. The molecule has 0 unspecified atom stereocenters. The van der Waals surface area contributed by atoms with Crippen LogP contribution in [0.1, 0.15) is 31.9 Å². The van der Waals surface area contributed by atoms with E-state index in [4.69, 9.17) is 4.74 Å². The Hall–Kier alpha value is -0.980. The Kier molecular flexibility index (Phi) is 3.35. The molecule has 0 bridgehead atoms. The summed E-state index contributed by atoms with van der Waals surface area (Å²) in [7, 11) is 0. The highest BCUT2D eigenvalue weighted by molar-refractivity contribution is 5.44. The van der Waals surface area contributed by atoms with E-state index < -0.39 is 0 Å². The summed E-state index contributed by atoms with van der Waals surface area (Å²) in [6.45, 7) is 9.05. The van der Waals surface area contributed by atoms with E-state index in [1.807, 2.05) is 13.0 Å². The molecule has 1 rings (SSSR count). The van der Waals surface area contributed by atoms with Crippen molar-refractivity contribution in [2.24, 2.45) is 0 Å². The minimum Gasteiger partial charge on any atom is -0.494 e. The van der Waals surface area contributed by atoms with Gasteiger partial charge in [0, 0.05) is 11.5 Å². The van der Waals surface area contributed by atoms with Gasteiger partial charge in [-0.1, -0.05) is 31.5 Å². The van der Waals surface area contributed by atoms with Gasteiger partial charge >= 0.3 is 0 Å². The second kappa shape index (κ2) is 4.31. The second-order valence-electron chi connectivity index (χ2n) is 3.43. The van der Waals surface area contributed by atoms with Crippen molar-refractivity contribution in [1.82, 2.24) is 0 Å². The SMILES string of the molecule is CCOc1ccc(C)cc1[C](C)C. The van der Waals surface area contributed by atoms with E-state index in [0.717, 1.165) is 12.4 Å². The molecule has 0 saturated heterocycles. The van der Waals surface area contributed by atoms with Crippen molar-refractivity contribution in [2.45, 2.75) is 27.7 Å². The van der Waals surface area contributed by atoms with Gasteiger partial charge in [0.25, 0.3) is 0 Å². The van der Waals surface area contributed by atoms with Crippen molar-refractivity contribution in [3.05, 3.63) is 35.2 Å². The van der Waals surface area contributed by atoms with E-state index in [1.54, 1.807) is 0 Å². The minimum atomic E-state index is 0.726. The molecule has 0 heterocycles. The van der Waals surface area contributed by atoms with Crippen molar-refractivity contribution < 1.29 is 4.74 Å². The van der Waals surface area contributed by atoms with Crippen molar-refractivity contribution in [3.8, 4) is 5.75 Å². The van der Waals surface area contributed by atoms with Gasteiger partial charge in [0.2, 0.25) is 0 Å². The molecule has 1 aromatic rings. The first kappa shape index (κ1) is 10.1. The van der Waals surface area contributed by atoms with Crippen LogP contribution < -0.4 is 4.74 Å². The summed E-state index contributed by atoms with van der Waals surface area (Å²) in [5.74, 6) is 2.29. The normalized spacial score (nSPS) is 10.5. The van der Waals surface area contributed by atoms with E-state index >= 15 is 0 Å². The van der Waals surface area contributed by atoms with Gasteiger partial charge in [0.05, 0.1) is 6.61 Å². The fourth-order valence-electron chi connectivity index (χ4n) is 1.32. The molecule has 0 fully saturated rings. The lowest BCUT2D eigenvalue weighted by Gasteiger charge is -2.13. The van der Waals surface area contributed by atoms with Crippen LogP contribution in [-0.4, -0.2) is 6.61 Å². The molecule has 0 spiro atoms. The zero-order valence-electron chi connectivity index (χ0n) is 8.85. The zero-order valence-corrected chi connectivity index (χ0v) is 8.85. The molecule has 1 nitrogen and oxygen atoms in total. The van der Waals surface area contributed by atoms with Crippen molar-refractivity contribution >= 4 is 0 Å². The summed E-state index contributed by atoms with van der Waals surface area (Å²) < 4.78 is 5.53. The Bertz CT molecular complexity index is 276. The summed E-state index contributed by atoms with van der Waals surface area (Å²) in [5.41, 5.74) is 2.50. The monoisotopic (exact) mass is 177 g/mol. The molecule has 13 heavy (non-hydrogen) atoms. The standard InChI is InChI=1S/C12H17O/c1-5-13-12-7-6-10(4)8-11(12)9(2)3/h6-8H,5H2,1-4H3. The van der Waals surface area contributed by atoms with Gasteiger partial charge in [0.15, 0.2) is 0 Å². The van der Waals surface area contributed by atoms with Crippen LogP contribution in [0.3, 0.4) is 0 Å². The second-order valence-corrected chi connectivity index (χ2v) is 3.43. The smallest absolute Gasteiger partial charge is 0.123 e. The van der Waals surface area contributed by atoms with Crippen molar-refractivity contribution in [2.75, 3.05) is 6.61 Å². The van der Waals surface area contributed by atoms with Gasteiger partial charge in [-0.2, -0.15) is 0 Å². The fourth-order valence-corrected chi connectivity index (χ4v) is 1.32. The predicted molar refractivity (Wildman–Crippen MR) is 56.0 cm³/mol. The van der Waals surface area contributed by atoms with Crippen LogP contribution in [0.25, 0.3) is 0 Å². The maximum atomic E-state index is 5.53. The van der Waals surface area contributed by atoms with Crippen LogP contribution in [0.4, 0.5) is 0 Å². The molecule has 0 aromatic heterocycles.